The lowest BCUT2D eigenvalue weighted by Crippen LogP contribution is -2.51. The maximum atomic E-state index is 14.0. The summed E-state index contributed by atoms with van der Waals surface area (Å²) in [4.78, 5) is 17.4. The Morgan fingerprint density at radius 2 is 2.00 bits per heavy atom. The van der Waals surface area contributed by atoms with Crippen LogP contribution >= 0.6 is 0 Å². The maximum Gasteiger partial charge on any atom is 0.182 e. The van der Waals surface area contributed by atoms with Crippen molar-refractivity contribution in [1.82, 2.24) is 24.4 Å². The van der Waals surface area contributed by atoms with E-state index >= 15 is 0 Å². The normalized spacial score (nSPS) is 18.6. The van der Waals surface area contributed by atoms with Gasteiger partial charge in [-0.25, -0.2) is 23.7 Å². The minimum atomic E-state index is -0.548. The van der Waals surface area contributed by atoms with Crippen molar-refractivity contribution in [2.75, 3.05) is 24.5 Å². The predicted octanol–water partition coefficient (Wildman–Crippen LogP) is 2.35. The Bertz CT molecular complexity index is 941. The highest BCUT2D eigenvalue weighted by Crippen LogP contribution is 2.25. The van der Waals surface area contributed by atoms with E-state index in [1.807, 2.05) is 11.6 Å². The van der Waals surface area contributed by atoms with Gasteiger partial charge >= 0.3 is 0 Å². The molecule has 4 rings (SSSR count). The lowest BCUT2D eigenvalue weighted by molar-refractivity contribution is 0.178. The summed E-state index contributed by atoms with van der Waals surface area (Å²) >= 11 is 0. The molecule has 0 spiro atoms. The zero-order valence-electron chi connectivity index (χ0n) is 14.7. The van der Waals surface area contributed by atoms with Crippen LogP contribution in [-0.4, -0.2) is 50.1 Å². The van der Waals surface area contributed by atoms with Gasteiger partial charge in [0, 0.05) is 50.9 Å². The first kappa shape index (κ1) is 16.8. The minimum Gasteiger partial charge on any atom is -0.352 e. The number of imidazole rings is 1. The fraction of sp³-hybridized carbons (Fsp3) is 0.389. The summed E-state index contributed by atoms with van der Waals surface area (Å²) in [7, 11) is 1.93. The first-order valence-corrected chi connectivity index (χ1v) is 8.58. The Hall–Kier alpha value is -2.61. The second-order valence-corrected chi connectivity index (χ2v) is 6.73. The number of halogens is 2. The second-order valence-electron chi connectivity index (χ2n) is 6.73. The molecule has 0 aliphatic carbocycles. The van der Waals surface area contributed by atoms with Crippen LogP contribution in [0.4, 0.5) is 14.6 Å². The van der Waals surface area contributed by atoms with E-state index in [2.05, 4.69) is 31.7 Å². The number of anilines is 1. The number of aromatic nitrogens is 4. The van der Waals surface area contributed by atoms with Gasteiger partial charge < -0.3 is 9.47 Å². The molecule has 1 unspecified atom stereocenters. The zero-order valence-corrected chi connectivity index (χ0v) is 14.7. The number of nitrogens with zero attached hydrogens (tertiary/aromatic N) is 6. The van der Waals surface area contributed by atoms with E-state index in [0.29, 0.717) is 17.8 Å². The lowest BCUT2D eigenvalue weighted by Gasteiger charge is -2.40. The van der Waals surface area contributed by atoms with Crippen molar-refractivity contribution in [1.29, 1.82) is 0 Å². The summed E-state index contributed by atoms with van der Waals surface area (Å²) in [5.41, 5.74) is 2.11. The molecule has 3 aromatic rings. The van der Waals surface area contributed by atoms with E-state index < -0.39 is 11.6 Å². The summed E-state index contributed by atoms with van der Waals surface area (Å²) in [5, 5.41) is 0. The third-order valence-corrected chi connectivity index (χ3v) is 4.94. The molecule has 1 saturated heterocycles. The van der Waals surface area contributed by atoms with Crippen molar-refractivity contribution in [2.24, 2.45) is 7.05 Å². The highest BCUT2D eigenvalue weighted by Gasteiger charge is 2.27. The molecule has 8 heteroatoms. The van der Waals surface area contributed by atoms with Crippen LogP contribution in [-0.2, 0) is 13.6 Å². The minimum absolute atomic E-state index is 0.200. The van der Waals surface area contributed by atoms with Crippen molar-refractivity contribution in [2.45, 2.75) is 19.5 Å². The number of aryl methyl sites for hydroxylation is 1. The fourth-order valence-corrected chi connectivity index (χ4v) is 3.49. The van der Waals surface area contributed by atoms with Gasteiger partial charge in [0.25, 0.3) is 0 Å². The summed E-state index contributed by atoms with van der Waals surface area (Å²) in [5.74, 6) is -0.172. The average Bonchev–Trinajstić information content (AvgIpc) is 3.00. The molecule has 0 radical (unpaired) electrons. The molecule has 0 N–H and O–H groups in total. The van der Waals surface area contributed by atoms with E-state index in [4.69, 9.17) is 0 Å². The van der Waals surface area contributed by atoms with Crippen LogP contribution in [0.5, 0.6) is 0 Å². The first-order valence-electron chi connectivity index (χ1n) is 8.58. The van der Waals surface area contributed by atoms with Crippen molar-refractivity contribution >= 4 is 17.0 Å². The highest BCUT2D eigenvalue weighted by atomic mass is 19.1. The first-order chi connectivity index (χ1) is 12.5. The van der Waals surface area contributed by atoms with E-state index in [9.17, 15) is 8.78 Å². The Kier molecular flexibility index (Phi) is 4.28. The van der Waals surface area contributed by atoms with Gasteiger partial charge in [0.2, 0.25) is 0 Å². The molecule has 136 valence electrons. The number of fused-ring (bicyclic) bond motifs is 1. The summed E-state index contributed by atoms with van der Waals surface area (Å²) < 4.78 is 29.0. The Labute approximate surface area is 150 Å². The smallest absolute Gasteiger partial charge is 0.182 e. The molecule has 1 atom stereocenters. The molecule has 1 fully saturated rings. The van der Waals surface area contributed by atoms with Gasteiger partial charge in [0.05, 0.1) is 6.33 Å². The zero-order chi connectivity index (χ0) is 18.3. The lowest BCUT2D eigenvalue weighted by atomic mass is 10.1. The number of rotatable bonds is 3. The molecule has 1 aromatic carbocycles. The number of piperazine rings is 1. The molecule has 3 heterocycles. The van der Waals surface area contributed by atoms with E-state index in [-0.39, 0.29) is 6.04 Å². The standard InChI is InChI=1S/C18H20F2N6/c1-12-8-26(18-16-17(21-10-22-18)23-11-24(16)2)6-5-25(12)9-13-3-4-14(19)7-15(13)20/h3-4,7,10-12H,5-6,8-9H2,1-2H3. The quantitative estimate of drug-likeness (QED) is 0.719. The topological polar surface area (TPSA) is 50.1 Å². The number of benzene rings is 1. The van der Waals surface area contributed by atoms with Crippen molar-refractivity contribution < 1.29 is 8.78 Å². The molecular weight excluding hydrogens is 338 g/mol. The molecule has 6 nitrogen and oxygen atoms in total. The molecule has 2 aromatic heterocycles. The molecule has 0 saturated carbocycles. The van der Waals surface area contributed by atoms with Crippen LogP contribution in [0.25, 0.3) is 11.2 Å². The molecular formula is C18H20F2N6. The van der Waals surface area contributed by atoms with Crippen molar-refractivity contribution in [3.8, 4) is 0 Å². The Balaban J connectivity index is 1.52. The molecule has 0 bridgehead atoms. The monoisotopic (exact) mass is 358 g/mol. The van der Waals surface area contributed by atoms with Crippen molar-refractivity contribution in [3.63, 3.8) is 0 Å². The highest BCUT2D eigenvalue weighted by molar-refractivity contribution is 5.83. The Morgan fingerprint density at radius 1 is 1.15 bits per heavy atom. The van der Waals surface area contributed by atoms with Crippen LogP contribution < -0.4 is 4.90 Å². The van der Waals surface area contributed by atoms with E-state index in [1.165, 1.54) is 18.5 Å². The van der Waals surface area contributed by atoms with Gasteiger partial charge in [-0.15, -0.1) is 0 Å². The van der Waals surface area contributed by atoms with Gasteiger partial charge in [-0.2, -0.15) is 0 Å². The van der Waals surface area contributed by atoms with Crippen LogP contribution in [0, 0.1) is 11.6 Å². The maximum absolute atomic E-state index is 14.0. The van der Waals surface area contributed by atoms with E-state index in [1.54, 1.807) is 6.33 Å². The second kappa shape index (κ2) is 6.60. The van der Waals surface area contributed by atoms with Crippen LogP contribution in [0.15, 0.2) is 30.9 Å². The van der Waals surface area contributed by atoms with Gasteiger partial charge in [-0.05, 0) is 13.0 Å². The average molecular weight is 358 g/mol. The number of hydrogen-bond donors (Lipinski definition) is 0. The van der Waals surface area contributed by atoms with Crippen LogP contribution in [0.2, 0.25) is 0 Å². The third kappa shape index (κ3) is 3.01. The summed E-state index contributed by atoms with van der Waals surface area (Å²) in [6, 6.07) is 3.97. The van der Waals surface area contributed by atoms with Crippen LogP contribution in [0.1, 0.15) is 12.5 Å². The molecule has 1 aliphatic heterocycles. The predicted molar refractivity (Wildman–Crippen MR) is 94.7 cm³/mol. The number of hydrogen-bond acceptors (Lipinski definition) is 5. The van der Waals surface area contributed by atoms with Gasteiger partial charge in [-0.3, -0.25) is 4.90 Å². The molecule has 1 aliphatic rings. The fourth-order valence-electron chi connectivity index (χ4n) is 3.49. The van der Waals surface area contributed by atoms with Gasteiger partial charge in [0.15, 0.2) is 11.5 Å². The summed E-state index contributed by atoms with van der Waals surface area (Å²) in [6.07, 6.45) is 3.27. The SMILES string of the molecule is CC1CN(c2ncnc3ncn(C)c23)CCN1Cc1ccc(F)cc1F. The van der Waals surface area contributed by atoms with Crippen molar-refractivity contribution in [3.05, 3.63) is 48.1 Å². The third-order valence-electron chi connectivity index (χ3n) is 4.94. The molecule has 26 heavy (non-hydrogen) atoms. The largest absolute Gasteiger partial charge is 0.352 e. The molecule has 0 amide bonds. The van der Waals surface area contributed by atoms with Gasteiger partial charge in [-0.1, -0.05) is 6.07 Å². The van der Waals surface area contributed by atoms with Crippen LogP contribution in [0.3, 0.4) is 0 Å². The van der Waals surface area contributed by atoms with Gasteiger partial charge in [0.1, 0.15) is 23.5 Å². The summed E-state index contributed by atoms with van der Waals surface area (Å²) in [6.45, 7) is 4.87. The Morgan fingerprint density at radius 3 is 2.77 bits per heavy atom. The van der Waals surface area contributed by atoms with E-state index in [0.717, 1.165) is 37.0 Å².